The molecule has 3 nitrogen and oxygen atoms in total. The Hall–Kier alpha value is -1.64. The van der Waals surface area contributed by atoms with E-state index in [9.17, 15) is 9.59 Å². The summed E-state index contributed by atoms with van der Waals surface area (Å²) in [4.78, 5) is 22.5. The number of rotatable bonds is 7. The van der Waals surface area contributed by atoms with Crippen LogP contribution in [0.4, 0.5) is 0 Å². The van der Waals surface area contributed by atoms with Crippen LogP contribution < -0.4 is 0 Å². The summed E-state index contributed by atoms with van der Waals surface area (Å²) < 4.78 is 0. The summed E-state index contributed by atoms with van der Waals surface area (Å²) in [5, 5.41) is 8.57. The maximum atomic E-state index is 12.1. The molecule has 0 spiro atoms. The molecule has 0 fully saturated rings. The normalized spacial score (nSPS) is 10.3. The number of benzene rings is 1. The van der Waals surface area contributed by atoms with Gasteiger partial charge < -0.3 is 5.11 Å². The molecule has 0 heterocycles. The number of hydrogen-bond acceptors (Lipinski definition) is 2. The van der Waals surface area contributed by atoms with Crippen LogP contribution in [0.1, 0.15) is 54.6 Å². The highest BCUT2D eigenvalue weighted by Crippen LogP contribution is 2.16. The molecular formula is C15H20O3. The molecule has 0 radical (unpaired) electrons. The Morgan fingerprint density at radius 1 is 1.11 bits per heavy atom. The highest BCUT2D eigenvalue weighted by atomic mass is 16.4. The van der Waals surface area contributed by atoms with Crippen LogP contribution in [0.3, 0.4) is 0 Å². The van der Waals surface area contributed by atoms with Crippen LogP contribution in [0.5, 0.6) is 0 Å². The molecule has 0 unspecified atom stereocenters. The fourth-order valence-corrected chi connectivity index (χ4v) is 1.95. The molecule has 0 aliphatic rings. The molecule has 0 amide bonds. The SMILES string of the molecule is CCc1ccc(CC)c(C(=O)CCCC(=O)O)c1. The molecule has 0 saturated heterocycles. The minimum absolute atomic E-state index is 0.0562. The summed E-state index contributed by atoms with van der Waals surface area (Å²) >= 11 is 0. The fraction of sp³-hybridized carbons (Fsp3) is 0.467. The van der Waals surface area contributed by atoms with E-state index in [-0.39, 0.29) is 12.2 Å². The van der Waals surface area contributed by atoms with Crippen LogP contribution >= 0.6 is 0 Å². The molecular weight excluding hydrogens is 228 g/mol. The molecule has 98 valence electrons. The van der Waals surface area contributed by atoms with E-state index in [1.807, 2.05) is 25.1 Å². The van der Waals surface area contributed by atoms with Gasteiger partial charge in [-0.1, -0.05) is 26.0 Å². The molecule has 0 aromatic heterocycles. The van der Waals surface area contributed by atoms with Crippen LogP contribution in [0.15, 0.2) is 18.2 Å². The van der Waals surface area contributed by atoms with Gasteiger partial charge in [-0.15, -0.1) is 0 Å². The Morgan fingerprint density at radius 3 is 2.39 bits per heavy atom. The van der Waals surface area contributed by atoms with Gasteiger partial charge in [-0.05, 0) is 36.5 Å². The van der Waals surface area contributed by atoms with Crippen molar-refractivity contribution in [2.75, 3.05) is 0 Å². The third-order valence-electron chi connectivity index (χ3n) is 3.06. The molecule has 1 N–H and O–H groups in total. The summed E-state index contributed by atoms with van der Waals surface area (Å²) in [5.41, 5.74) is 2.96. The maximum Gasteiger partial charge on any atom is 0.303 e. The third-order valence-corrected chi connectivity index (χ3v) is 3.06. The molecule has 1 rings (SSSR count). The first kappa shape index (κ1) is 14.4. The Balaban J connectivity index is 2.79. The Morgan fingerprint density at radius 2 is 1.83 bits per heavy atom. The van der Waals surface area contributed by atoms with E-state index in [0.29, 0.717) is 12.8 Å². The van der Waals surface area contributed by atoms with Gasteiger partial charge in [-0.25, -0.2) is 0 Å². The molecule has 1 aromatic rings. The second kappa shape index (κ2) is 6.94. The standard InChI is InChI=1S/C15H20O3/c1-3-11-8-9-12(4-2)13(10-11)14(16)6-5-7-15(17)18/h8-10H,3-7H2,1-2H3,(H,17,18). The van der Waals surface area contributed by atoms with Gasteiger partial charge in [-0.3, -0.25) is 9.59 Å². The summed E-state index contributed by atoms with van der Waals surface area (Å²) in [6.45, 7) is 4.08. The highest BCUT2D eigenvalue weighted by molar-refractivity contribution is 5.97. The molecule has 0 aliphatic heterocycles. The second-order valence-electron chi connectivity index (χ2n) is 4.37. The number of carboxylic acid groups (broad SMARTS) is 1. The topological polar surface area (TPSA) is 54.4 Å². The predicted molar refractivity (Wildman–Crippen MR) is 71.0 cm³/mol. The largest absolute Gasteiger partial charge is 0.481 e. The van der Waals surface area contributed by atoms with Gasteiger partial charge >= 0.3 is 5.97 Å². The third kappa shape index (κ3) is 3.99. The smallest absolute Gasteiger partial charge is 0.303 e. The van der Waals surface area contributed by atoms with Crippen LogP contribution in [0.2, 0.25) is 0 Å². The van der Waals surface area contributed by atoms with Crippen molar-refractivity contribution in [1.29, 1.82) is 0 Å². The zero-order valence-corrected chi connectivity index (χ0v) is 11.0. The first-order valence-corrected chi connectivity index (χ1v) is 6.45. The van der Waals surface area contributed by atoms with E-state index in [0.717, 1.165) is 29.5 Å². The van der Waals surface area contributed by atoms with Crippen molar-refractivity contribution < 1.29 is 14.7 Å². The number of ketones is 1. The molecule has 0 aliphatic carbocycles. The van der Waals surface area contributed by atoms with Crippen LogP contribution in [-0.4, -0.2) is 16.9 Å². The average Bonchev–Trinajstić information content (AvgIpc) is 2.37. The van der Waals surface area contributed by atoms with E-state index in [1.54, 1.807) is 0 Å². The number of Topliss-reactive ketones (excluding diaryl/α,β-unsaturated/α-hetero) is 1. The Labute approximate surface area is 108 Å². The first-order valence-electron chi connectivity index (χ1n) is 6.45. The molecule has 1 aromatic carbocycles. The van der Waals surface area contributed by atoms with E-state index < -0.39 is 5.97 Å². The van der Waals surface area contributed by atoms with Crippen molar-refractivity contribution in [1.82, 2.24) is 0 Å². The van der Waals surface area contributed by atoms with Gasteiger partial charge in [0.2, 0.25) is 0 Å². The number of aryl methyl sites for hydroxylation is 2. The fourth-order valence-electron chi connectivity index (χ4n) is 1.95. The van der Waals surface area contributed by atoms with Gasteiger partial charge in [0.1, 0.15) is 0 Å². The zero-order chi connectivity index (χ0) is 13.5. The lowest BCUT2D eigenvalue weighted by molar-refractivity contribution is -0.137. The predicted octanol–water partition coefficient (Wildman–Crippen LogP) is 3.25. The average molecular weight is 248 g/mol. The Bertz CT molecular complexity index is 435. The number of carboxylic acids is 1. The van der Waals surface area contributed by atoms with E-state index in [2.05, 4.69) is 6.92 Å². The quantitative estimate of drug-likeness (QED) is 0.753. The van der Waals surface area contributed by atoms with Crippen molar-refractivity contribution in [3.05, 3.63) is 34.9 Å². The monoisotopic (exact) mass is 248 g/mol. The van der Waals surface area contributed by atoms with E-state index in [4.69, 9.17) is 5.11 Å². The number of carbonyl (C=O) groups excluding carboxylic acids is 1. The second-order valence-corrected chi connectivity index (χ2v) is 4.37. The van der Waals surface area contributed by atoms with Gasteiger partial charge in [0.25, 0.3) is 0 Å². The molecule has 18 heavy (non-hydrogen) atoms. The number of carbonyl (C=O) groups is 2. The number of aliphatic carboxylic acids is 1. The summed E-state index contributed by atoms with van der Waals surface area (Å²) in [5.74, 6) is -0.788. The summed E-state index contributed by atoms with van der Waals surface area (Å²) in [7, 11) is 0. The summed E-state index contributed by atoms with van der Waals surface area (Å²) in [6, 6.07) is 6.00. The van der Waals surface area contributed by atoms with Crippen molar-refractivity contribution in [2.45, 2.75) is 46.0 Å². The lowest BCUT2D eigenvalue weighted by Gasteiger charge is -2.08. The Kier molecular flexibility index (Phi) is 5.56. The number of hydrogen-bond donors (Lipinski definition) is 1. The maximum absolute atomic E-state index is 12.1. The van der Waals surface area contributed by atoms with Crippen molar-refractivity contribution in [2.24, 2.45) is 0 Å². The zero-order valence-electron chi connectivity index (χ0n) is 11.0. The minimum atomic E-state index is -0.846. The van der Waals surface area contributed by atoms with Gasteiger partial charge in [0.05, 0.1) is 0 Å². The van der Waals surface area contributed by atoms with E-state index >= 15 is 0 Å². The van der Waals surface area contributed by atoms with Crippen LogP contribution in [0.25, 0.3) is 0 Å². The minimum Gasteiger partial charge on any atom is -0.481 e. The lowest BCUT2D eigenvalue weighted by Crippen LogP contribution is -2.06. The van der Waals surface area contributed by atoms with E-state index in [1.165, 1.54) is 0 Å². The highest BCUT2D eigenvalue weighted by Gasteiger charge is 2.11. The van der Waals surface area contributed by atoms with Gasteiger partial charge in [0, 0.05) is 18.4 Å². The van der Waals surface area contributed by atoms with Gasteiger partial charge in [-0.2, -0.15) is 0 Å². The lowest BCUT2D eigenvalue weighted by atomic mass is 9.95. The van der Waals surface area contributed by atoms with Crippen molar-refractivity contribution in [3.8, 4) is 0 Å². The van der Waals surface area contributed by atoms with Crippen molar-refractivity contribution >= 4 is 11.8 Å². The first-order chi connectivity index (χ1) is 8.58. The van der Waals surface area contributed by atoms with Crippen LogP contribution in [-0.2, 0) is 17.6 Å². The molecule has 0 atom stereocenters. The molecule has 0 saturated carbocycles. The molecule has 0 bridgehead atoms. The van der Waals surface area contributed by atoms with Gasteiger partial charge in [0.15, 0.2) is 5.78 Å². The van der Waals surface area contributed by atoms with Crippen LogP contribution in [0, 0.1) is 0 Å². The summed E-state index contributed by atoms with van der Waals surface area (Å²) in [6.07, 6.45) is 2.50. The van der Waals surface area contributed by atoms with Crippen molar-refractivity contribution in [3.63, 3.8) is 0 Å². The molecule has 3 heteroatoms.